The third kappa shape index (κ3) is 1.08. The van der Waals surface area contributed by atoms with E-state index in [0.29, 0.717) is 0 Å². The summed E-state index contributed by atoms with van der Waals surface area (Å²) in [6.45, 7) is 2.22. The van der Waals surface area contributed by atoms with Crippen molar-refractivity contribution in [3.8, 4) is 0 Å². The SMILES string of the molecule is Cc1c2ccccc2n2sc3ccccc3c12. The molecule has 4 rings (SSSR count). The van der Waals surface area contributed by atoms with Crippen molar-refractivity contribution in [2.75, 3.05) is 0 Å². The summed E-state index contributed by atoms with van der Waals surface area (Å²) in [5, 5.41) is 2.73. The maximum absolute atomic E-state index is 2.36. The molecule has 0 radical (unpaired) electrons. The Morgan fingerprint density at radius 2 is 1.59 bits per heavy atom. The highest BCUT2D eigenvalue weighted by atomic mass is 32.1. The standard InChI is InChI=1S/C15H11NS/c1-10-11-6-2-4-8-13(11)16-15(10)12-7-3-5-9-14(12)17-16/h2-9H,1H3. The molecule has 2 heterocycles. The summed E-state index contributed by atoms with van der Waals surface area (Å²) in [4.78, 5) is 0. The number of para-hydroxylation sites is 1. The zero-order valence-corrected chi connectivity index (χ0v) is 10.3. The van der Waals surface area contributed by atoms with Crippen LogP contribution < -0.4 is 0 Å². The number of hydrogen-bond donors (Lipinski definition) is 0. The molecule has 0 unspecified atom stereocenters. The normalized spacial score (nSPS) is 11.8. The minimum absolute atomic E-state index is 1.32. The Kier molecular flexibility index (Phi) is 1.69. The van der Waals surface area contributed by atoms with E-state index in [4.69, 9.17) is 0 Å². The Bertz CT molecular complexity index is 845. The fourth-order valence-corrected chi connectivity index (χ4v) is 3.80. The van der Waals surface area contributed by atoms with E-state index in [1.54, 1.807) is 0 Å². The third-order valence-corrected chi connectivity index (χ3v) is 4.53. The van der Waals surface area contributed by atoms with E-state index in [1.807, 2.05) is 11.5 Å². The van der Waals surface area contributed by atoms with Gasteiger partial charge in [-0.15, -0.1) is 0 Å². The molecule has 0 saturated carbocycles. The summed E-state index contributed by atoms with van der Waals surface area (Å²) in [7, 11) is 0. The second kappa shape index (κ2) is 3.11. The predicted octanol–water partition coefficient (Wildman–Crippen LogP) is 4.62. The van der Waals surface area contributed by atoms with Gasteiger partial charge in [0.2, 0.25) is 0 Å². The Hall–Kier alpha value is -1.80. The van der Waals surface area contributed by atoms with Crippen LogP contribution in [0.3, 0.4) is 0 Å². The van der Waals surface area contributed by atoms with Gasteiger partial charge in [-0.2, -0.15) is 0 Å². The second-order valence-electron chi connectivity index (χ2n) is 4.37. The summed E-state index contributed by atoms with van der Waals surface area (Å²) in [5.41, 5.74) is 4.08. The van der Waals surface area contributed by atoms with E-state index < -0.39 is 0 Å². The molecule has 0 amide bonds. The topological polar surface area (TPSA) is 4.41 Å². The fourth-order valence-electron chi connectivity index (χ4n) is 2.61. The quantitative estimate of drug-likeness (QED) is 0.420. The molecular weight excluding hydrogens is 226 g/mol. The van der Waals surface area contributed by atoms with Gasteiger partial charge in [0.05, 0.1) is 15.7 Å². The van der Waals surface area contributed by atoms with E-state index in [0.717, 1.165) is 0 Å². The third-order valence-electron chi connectivity index (χ3n) is 3.42. The first kappa shape index (κ1) is 9.25. The lowest BCUT2D eigenvalue weighted by atomic mass is 10.1. The Labute approximate surface area is 103 Å². The number of benzene rings is 2. The Morgan fingerprint density at radius 3 is 2.47 bits per heavy atom. The molecule has 0 saturated heterocycles. The number of fused-ring (bicyclic) bond motifs is 5. The number of aromatic nitrogens is 1. The van der Waals surface area contributed by atoms with Crippen LogP contribution in [-0.4, -0.2) is 3.79 Å². The summed E-state index contributed by atoms with van der Waals surface area (Å²) < 4.78 is 3.71. The van der Waals surface area contributed by atoms with Crippen LogP contribution in [0.15, 0.2) is 48.5 Å². The van der Waals surface area contributed by atoms with E-state index in [1.165, 1.54) is 32.1 Å². The zero-order valence-electron chi connectivity index (χ0n) is 9.47. The van der Waals surface area contributed by atoms with Crippen LogP contribution in [0.25, 0.3) is 26.5 Å². The molecule has 1 nitrogen and oxygen atoms in total. The summed E-state index contributed by atoms with van der Waals surface area (Å²) >= 11 is 1.83. The minimum Gasteiger partial charge on any atom is -0.264 e. The molecule has 0 atom stereocenters. The van der Waals surface area contributed by atoms with Gasteiger partial charge in [0, 0.05) is 10.8 Å². The van der Waals surface area contributed by atoms with Crippen LogP contribution in [0.2, 0.25) is 0 Å². The molecule has 0 N–H and O–H groups in total. The second-order valence-corrected chi connectivity index (χ2v) is 5.36. The average Bonchev–Trinajstić information content (AvgIpc) is 2.88. The largest absolute Gasteiger partial charge is 0.264 e. The van der Waals surface area contributed by atoms with Crippen molar-refractivity contribution >= 4 is 38.0 Å². The Morgan fingerprint density at radius 1 is 0.882 bits per heavy atom. The van der Waals surface area contributed by atoms with Gasteiger partial charge in [-0.3, -0.25) is 3.79 Å². The highest BCUT2D eigenvalue weighted by molar-refractivity contribution is 7.14. The van der Waals surface area contributed by atoms with Crippen molar-refractivity contribution in [1.29, 1.82) is 0 Å². The average molecular weight is 237 g/mol. The van der Waals surface area contributed by atoms with Gasteiger partial charge in [0.25, 0.3) is 0 Å². The van der Waals surface area contributed by atoms with Crippen LogP contribution >= 0.6 is 11.5 Å². The lowest BCUT2D eigenvalue weighted by Gasteiger charge is -1.91. The number of aryl methyl sites for hydroxylation is 1. The van der Waals surface area contributed by atoms with Crippen molar-refractivity contribution < 1.29 is 0 Å². The van der Waals surface area contributed by atoms with Gasteiger partial charge in [-0.1, -0.05) is 47.9 Å². The molecule has 0 aliphatic heterocycles. The van der Waals surface area contributed by atoms with Gasteiger partial charge in [0.15, 0.2) is 0 Å². The highest BCUT2D eigenvalue weighted by Gasteiger charge is 2.12. The smallest absolute Gasteiger partial charge is 0.0689 e. The lowest BCUT2D eigenvalue weighted by molar-refractivity contribution is 1.46. The predicted molar refractivity (Wildman–Crippen MR) is 75.0 cm³/mol. The van der Waals surface area contributed by atoms with Crippen LogP contribution in [0.5, 0.6) is 0 Å². The molecule has 0 spiro atoms. The monoisotopic (exact) mass is 237 g/mol. The summed E-state index contributed by atoms with van der Waals surface area (Å²) in [6, 6.07) is 17.3. The molecule has 17 heavy (non-hydrogen) atoms. The van der Waals surface area contributed by atoms with Gasteiger partial charge in [-0.05, 0) is 24.6 Å². The first-order chi connectivity index (χ1) is 8.36. The maximum Gasteiger partial charge on any atom is 0.0689 e. The highest BCUT2D eigenvalue weighted by Crippen LogP contribution is 2.35. The number of rotatable bonds is 0. The summed E-state index contributed by atoms with van der Waals surface area (Å²) in [6.07, 6.45) is 0. The van der Waals surface area contributed by atoms with Crippen LogP contribution in [0, 0.1) is 6.92 Å². The maximum atomic E-state index is 2.36. The van der Waals surface area contributed by atoms with Crippen molar-refractivity contribution in [3.05, 3.63) is 54.1 Å². The molecule has 2 heteroatoms. The van der Waals surface area contributed by atoms with Gasteiger partial charge in [-0.25, -0.2) is 0 Å². The molecule has 4 aromatic rings. The van der Waals surface area contributed by atoms with Crippen molar-refractivity contribution in [2.45, 2.75) is 6.92 Å². The molecule has 82 valence electrons. The molecule has 2 aromatic carbocycles. The lowest BCUT2D eigenvalue weighted by Crippen LogP contribution is -1.70. The first-order valence-electron chi connectivity index (χ1n) is 5.74. The van der Waals surface area contributed by atoms with Crippen molar-refractivity contribution in [2.24, 2.45) is 0 Å². The van der Waals surface area contributed by atoms with E-state index in [-0.39, 0.29) is 0 Å². The Balaban J connectivity index is 2.40. The van der Waals surface area contributed by atoms with Gasteiger partial charge < -0.3 is 0 Å². The molecule has 0 aliphatic rings. The van der Waals surface area contributed by atoms with Crippen molar-refractivity contribution in [1.82, 2.24) is 3.79 Å². The van der Waals surface area contributed by atoms with Gasteiger partial charge >= 0.3 is 0 Å². The summed E-state index contributed by atoms with van der Waals surface area (Å²) in [5.74, 6) is 0. The number of hydrogen-bond acceptors (Lipinski definition) is 1. The fraction of sp³-hybridized carbons (Fsp3) is 0.0667. The molecule has 0 fully saturated rings. The van der Waals surface area contributed by atoms with Crippen LogP contribution in [0.1, 0.15) is 5.56 Å². The van der Waals surface area contributed by atoms with E-state index in [9.17, 15) is 0 Å². The molecule has 0 aliphatic carbocycles. The first-order valence-corrected chi connectivity index (χ1v) is 6.51. The van der Waals surface area contributed by atoms with E-state index >= 15 is 0 Å². The van der Waals surface area contributed by atoms with E-state index in [2.05, 4.69) is 59.2 Å². The molecule has 0 bridgehead atoms. The molecular formula is C15H11NS. The zero-order chi connectivity index (χ0) is 11.4. The minimum atomic E-state index is 1.32. The van der Waals surface area contributed by atoms with Crippen molar-refractivity contribution in [3.63, 3.8) is 0 Å². The molecule has 2 aromatic heterocycles. The van der Waals surface area contributed by atoms with Gasteiger partial charge in [0.1, 0.15) is 0 Å². The number of nitrogens with zero attached hydrogens (tertiary/aromatic N) is 1. The van der Waals surface area contributed by atoms with Crippen LogP contribution in [-0.2, 0) is 0 Å². The van der Waals surface area contributed by atoms with Crippen LogP contribution in [0.4, 0.5) is 0 Å².